The molecule has 1 saturated carbocycles. The molecule has 5 heteroatoms. The lowest BCUT2D eigenvalue weighted by Crippen LogP contribution is -2.50. The predicted molar refractivity (Wildman–Crippen MR) is 90.6 cm³/mol. The number of benzene rings is 1. The van der Waals surface area contributed by atoms with Gasteiger partial charge in [0.2, 0.25) is 5.91 Å². The summed E-state index contributed by atoms with van der Waals surface area (Å²) in [6.07, 6.45) is 5.48. The third kappa shape index (κ3) is 2.48. The second-order valence-corrected chi connectivity index (χ2v) is 6.99. The number of hydrogen-bond acceptors (Lipinski definition) is 2. The maximum absolute atomic E-state index is 12.9. The van der Waals surface area contributed by atoms with Crippen LogP contribution in [0.3, 0.4) is 0 Å². The van der Waals surface area contributed by atoms with Gasteiger partial charge in [-0.15, -0.1) is 0 Å². The van der Waals surface area contributed by atoms with Crippen LogP contribution in [0.2, 0.25) is 0 Å². The van der Waals surface area contributed by atoms with Gasteiger partial charge in [0.1, 0.15) is 6.04 Å². The Balaban J connectivity index is 1.69. The number of H-pyrrole nitrogens is 1. The van der Waals surface area contributed by atoms with Crippen LogP contribution < -0.4 is 0 Å². The zero-order valence-electron chi connectivity index (χ0n) is 13.6. The van der Waals surface area contributed by atoms with Crippen molar-refractivity contribution in [2.45, 2.75) is 51.1 Å². The lowest BCUT2D eigenvalue weighted by atomic mass is 9.86. The van der Waals surface area contributed by atoms with E-state index in [1.165, 1.54) is 6.42 Å². The van der Waals surface area contributed by atoms with Crippen LogP contribution in [0.15, 0.2) is 24.3 Å². The molecule has 1 aromatic heterocycles. The summed E-state index contributed by atoms with van der Waals surface area (Å²) in [7, 11) is 0. The quantitative estimate of drug-likeness (QED) is 0.890. The third-order valence-electron chi connectivity index (χ3n) is 5.53. The van der Waals surface area contributed by atoms with Crippen molar-refractivity contribution in [2.24, 2.45) is 5.92 Å². The molecule has 126 valence electrons. The first kappa shape index (κ1) is 15.2. The fourth-order valence-electron chi connectivity index (χ4n) is 4.24. The molecule has 0 radical (unpaired) electrons. The van der Waals surface area contributed by atoms with Crippen LogP contribution in [0.4, 0.5) is 0 Å². The van der Waals surface area contributed by atoms with Gasteiger partial charge in [-0.3, -0.25) is 4.79 Å². The number of aromatic amines is 1. The van der Waals surface area contributed by atoms with Crippen molar-refractivity contribution in [3.8, 4) is 0 Å². The summed E-state index contributed by atoms with van der Waals surface area (Å²) in [6, 6.07) is 7.18. The summed E-state index contributed by atoms with van der Waals surface area (Å²) in [6.45, 7) is 0.371. The molecule has 2 N–H and O–H groups in total. The highest BCUT2D eigenvalue weighted by atomic mass is 16.4. The number of carbonyl (C=O) groups excluding carboxylic acids is 1. The SMILES string of the molecule is O=C(O)C1Cc2c([nH]c3ccccc23)CN1C(=O)C1CCCCC1. The van der Waals surface area contributed by atoms with Crippen molar-refractivity contribution in [2.75, 3.05) is 0 Å². The first-order chi connectivity index (χ1) is 11.6. The Morgan fingerprint density at radius 1 is 1.12 bits per heavy atom. The lowest BCUT2D eigenvalue weighted by Gasteiger charge is -2.36. The second kappa shape index (κ2) is 5.96. The van der Waals surface area contributed by atoms with Crippen molar-refractivity contribution in [1.82, 2.24) is 9.88 Å². The Bertz CT molecular complexity index is 789. The number of hydrogen-bond donors (Lipinski definition) is 2. The number of nitrogens with zero attached hydrogens (tertiary/aromatic N) is 1. The number of carboxylic acids is 1. The van der Waals surface area contributed by atoms with Crippen molar-refractivity contribution < 1.29 is 14.7 Å². The molecule has 2 aliphatic rings. The van der Waals surface area contributed by atoms with Crippen LogP contribution in [-0.2, 0) is 22.6 Å². The average molecular weight is 326 g/mol. The van der Waals surface area contributed by atoms with Gasteiger partial charge in [-0.25, -0.2) is 4.79 Å². The van der Waals surface area contributed by atoms with Gasteiger partial charge in [0.05, 0.1) is 6.54 Å². The summed E-state index contributed by atoms with van der Waals surface area (Å²) < 4.78 is 0. The molecule has 5 nitrogen and oxygen atoms in total. The van der Waals surface area contributed by atoms with Crippen LogP contribution in [0.1, 0.15) is 43.4 Å². The molecule has 1 aliphatic heterocycles. The fraction of sp³-hybridized carbons (Fsp3) is 0.474. The Morgan fingerprint density at radius 3 is 2.62 bits per heavy atom. The highest BCUT2D eigenvalue weighted by Crippen LogP contribution is 2.33. The Hall–Kier alpha value is -2.30. The van der Waals surface area contributed by atoms with E-state index in [4.69, 9.17) is 0 Å². The number of amides is 1. The van der Waals surface area contributed by atoms with E-state index in [-0.39, 0.29) is 11.8 Å². The molecule has 1 atom stereocenters. The molecule has 0 bridgehead atoms. The fourth-order valence-corrected chi connectivity index (χ4v) is 4.24. The Morgan fingerprint density at radius 2 is 1.88 bits per heavy atom. The van der Waals surface area contributed by atoms with Gasteiger partial charge < -0.3 is 15.0 Å². The topological polar surface area (TPSA) is 73.4 Å². The zero-order chi connectivity index (χ0) is 16.7. The first-order valence-corrected chi connectivity index (χ1v) is 8.77. The molecule has 1 fully saturated rings. The highest BCUT2D eigenvalue weighted by molar-refractivity contribution is 5.89. The number of aliphatic carboxylic acids is 1. The van der Waals surface area contributed by atoms with Gasteiger partial charge in [-0.1, -0.05) is 37.5 Å². The number of carboxylic acid groups (broad SMARTS) is 1. The number of fused-ring (bicyclic) bond motifs is 3. The normalized spacial score (nSPS) is 21.7. The number of carbonyl (C=O) groups is 2. The van der Waals surface area contributed by atoms with Crippen LogP contribution in [0.25, 0.3) is 10.9 Å². The van der Waals surface area contributed by atoms with Crippen molar-refractivity contribution >= 4 is 22.8 Å². The molecule has 2 heterocycles. The minimum Gasteiger partial charge on any atom is -0.480 e. The van der Waals surface area contributed by atoms with Gasteiger partial charge in [-0.2, -0.15) is 0 Å². The average Bonchev–Trinajstić information content (AvgIpc) is 2.98. The molecule has 0 spiro atoms. The van der Waals surface area contributed by atoms with Crippen molar-refractivity contribution in [3.63, 3.8) is 0 Å². The summed E-state index contributed by atoms with van der Waals surface area (Å²) >= 11 is 0. The van der Waals surface area contributed by atoms with Gasteiger partial charge in [-0.05, 0) is 24.5 Å². The van der Waals surface area contributed by atoms with Gasteiger partial charge in [0, 0.05) is 28.9 Å². The van der Waals surface area contributed by atoms with E-state index in [1.807, 2.05) is 24.3 Å². The number of para-hydroxylation sites is 1. The largest absolute Gasteiger partial charge is 0.480 e. The molecule has 1 aliphatic carbocycles. The predicted octanol–water partition coefficient (Wildman–Crippen LogP) is 3.09. The summed E-state index contributed by atoms with van der Waals surface area (Å²) in [4.78, 5) is 29.7. The standard InChI is InChI=1S/C19H22N2O3/c22-18(12-6-2-1-3-7-12)21-11-16-14(10-17(21)19(23)24)13-8-4-5-9-15(13)20-16/h4-5,8-9,12,17,20H,1-3,6-7,10-11H2,(H,23,24). The minimum atomic E-state index is -0.907. The van der Waals surface area contributed by atoms with Crippen molar-refractivity contribution in [1.29, 1.82) is 0 Å². The van der Waals surface area contributed by atoms with Crippen LogP contribution in [-0.4, -0.2) is 32.9 Å². The number of rotatable bonds is 2. The van der Waals surface area contributed by atoms with Gasteiger partial charge in [0.15, 0.2) is 0 Å². The van der Waals surface area contributed by atoms with E-state index in [9.17, 15) is 14.7 Å². The molecule has 1 unspecified atom stereocenters. The third-order valence-corrected chi connectivity index (χ3v) is 5.53. The van der Waals surface area contributed by atoms with E-state index in [0.717, 1.165) is 47.8 Å². The molecule has 24 heavy (non-hydrogen) atoms. The molecule has 0 saturated heterocycles. The van der Waals surface area contributed by atoms with E-state index in [0.29, 0.717) is 13.0 Å². The smallest absolute Gasteiger partial charge is 0.326 e. The molecular formula is C19H22N2O3. The van der Waals surface area contributed by atoms with Crippen LogP contribution >= 0.6 is 0 Å². The summed E-state index contributed by atoms with van der Waals surface area (Å²) in [5.41, 5.74) is 3.04. The molecule has 1 amide bonds. The van der Waals surface area contributed by atoms with Gasteiger partial charge in [0.25, 0.3) is 0 Å². The lowest BCUT2D eigenvalue weighted by molar-refractivity contribution is -0.153. The first-order valence-electron chi connectivity index (χ1n) is 8.77. The monoisotopic (exact) mass is 326 g/mol. The van der Waals surface area contributed by atoms with E-state index in [1.54, 1.807) is 4.90 Å². The maximum atomic E-state index is 12.9. The van der Waals surface area contributed by atoms with Gasteiger partial charge >= 0.3 is 5.97 Å². The molecule has 2 aromatic rings. The molecule has 1 aromatic carbocycles. The summed E-state index contributed by atoms with van der Waals surface area (Å²) in [5.74, 6) is -0.895. The molecule has 4 rings (SSSR count). The van der Waals surface area contributed by atoms with E-state index < -0.39 is 12.0 Å². The Labute approximate surface area is 140 Å². The minimum absolute atomic E-state index is 0.00784. The Kier molecular flexibility index (Phi) is 3.79. The maximum Gasteiger partial charge on any atom is 0.326 e. The molecular weight excluding hydrogens is 304 g/mol. The van der Waals surface area contributed by atoms with Crippen LogP contribution in [0.5, 0.6) is 0 Å². The van der Waals surface area contributed by atoms with Crippen LogP contribution in [0, 0.1) is 5.92 Å². The second-order valence-electron chi connectivity index (χ2n) is 6.99. The number of aromatic nitrogens is 1. The number of nitrogens with one attached hydrogen (secondary N) is 1. The zero-order valence-corrected chi connectivity index (χ0v) is 13.6. The highest BCUT2D eigenvalue weighted by Gasteiger charge is 2.38. The van der Waals surface area contributed by atoms with E-state index >= 15 is 0 Å². The van der Waals surface area contributed by atoms with E-state index in [2.05, 4.69) is 4.98 Å². The van der Waals surface area contributed by atoms with Crippen molar-refractivity contribution in [3.05, 3.63) is 35.5 Å². The summed E-state index contributed by atoms with van der Waals surface area (Å²) in [5, 5.41) is 10.8.